The van der Waals surface area contributed by atoms with E-state index in [1.807, 2.05) is 0 Å². The van der Waals surface area contributed by atoms with Gasteiger partial charge in [-0.2, -0.15) is 0 Å². The normalized spacial score (nSPS) is 20.0. The van der Waals surface area contributed by atoms with Gasteiger partial charge in [0.1, 0.15) is 5.76 Å². The molecule has 0 saturated carbocycles. The molecule has 0 spiro atoms. The van der Waals surface area contributed by atoms with E-state index in [1.54, 1.807) is 20.8 Å². The molecule has 0 atom stereocenters. The molecule has 1 aliphatic rings. The fourth-order valence-corrected chi connectivity index (χ4v) is 1.03. The lowest BCUT2D eigenvalue weighted by atomic mass is 10.4. The number of hydrogen-bond acceptors (Lipinski definition) is 4. The van der Waals surface area contributed by atoms with Crippen molar-refractivity contribution in [1.29, 1.82) is 0 Å². The number of methoxy groups -OCH3 is 1. The zero-order valence-corrected chi connectivity index (χ0v) is 7.63. The van der Waals surface area contributed by atoms with Crippen molar-refractivity contribution in [2.45, 2.75) is 26.6 Å². The Morgan fingerprint density at radius 2 is 2.00 bits per heavy atom. The first-order valence-electron chi connectivity index (χ1n) is 3.63. The zero-order valence-electron chi connectivity index (χ0n) is 7.63. The molecule has 0 bridgehead atoms. The second kappa shape index (κ2) is 2.69. The van der Waals surface area contributed by atoms with Gasteiger partial charge in [0.25, 0.3) is 0 Å². The zero-order chi connectivity index (χ0) is 9.35. The van der Waals surface area contributed by atoms with Crippen molar-refractivity contribution in [2.24, 2.45) is 0 Å². The van der Waals surface area contributed by atoms with Gasteiger partial charge in [-0.15, -0.1) is 0 Å². The first-order chi connectivity index (χ1) is 5.46. The van der Waals surface area contributed by atoms with E-state index in [0.29, 0.717) is 5.76 Å². The third kappa shape index (κ3) is 1.52. The van der Waals surface area contributed by atoms with Crippen LogP contribution in [0.2, 0.25) is 0 Å². The predicted octanol–water partition coefficient (Wildman–Crippen LogP) is 1.17. The molecule has 4 nitrogen and oxygen atoms in total. The fraction of sp³-hybridized carbons (Fsp3) is 0.625. The van der Waals surface area contributed by atoms with Crippen LogP contribution in [0.5, 0.6) is 0 Å². The van der Waals surface area contributed by atoms with Gasteiger partial charge in [-0.1, -0.05) is 0 Å². The molecule has 0 aromatic carbocycles. The maximum atomic E-state index is 11.0. The van der Waals surface area contributed by atoms with Gasteiger partial charge in [0.2, 0.25) is 11.5 Å². The molecule has 1 aliphatic heterocycles. The summed E-state index contributed by atoms with van der Waals surface area (Å²) < 4.78 is 14.9. The lowest BCUT2D eigenvalue weighted by molar-refractivity contribution is -0.152. The number of ether oxygens (including phenoxy) is 3. The lowest BCUT2D eigenvalue weighted by Gasteiger charge is -2.17. The van der Waals surface area contributed by atoms with E-state index in [9.17, 15) is 4.79 Å². The smallest absolute Gasteiger partial charge is 0.377 e. The third-order valence-electron chi connectivity index (χ3n) is 1.44. The Morgan fingerprint density at radius 3 is 2.33 bits per heavy atom. The molecule has 4 heteroatoms. The summed E-state index contributed by atoms with van der Waals surface area (Å²) in [5, 5.41) is 0. The minimum Gasteiger partial charge on any atom is -0.463 e. The second-order valence-corrected chi connectivity index (χ2v) is 2.98. The van der Waals surface area contributed by atoms with E-state index < -0.39 is 11.8 Å². The van der Waals surface area contributed by atoms with Crippen LogP contribution >= 0.6 is 0 Å². The molecule has 68 valence electrons. The van der Waals surface area contributed by atoms with Crippen molar-refractivity contribution in [3.63, 3.8) is 0 Å². The van der Waals surface area contributed by atoms with Gasteiger partial charge >= 0.3 is 5.97 Å². The molecule has 0 fully saturated rings. The summed E-state index contributed by atoms with van der Waals surface area (Å²) in [7, 11) is 1.30. The van der Waals surface area contributed by atoms with Crippen LogP contribution in [0, 0.1) is 0 Å². The molecule has 12 heavy (non-hydrogen) atoms. The number of carbonyl (C=O) groups excluding carboxylic acids is 1. The van der Waals surface area contributed by atoms with Crippen LogP contribution in [-0.2, 0) is 19.0 Å². The van der Waals surface area contributed by atoms with Crippen molar-refractivity contribution >= 4 is 5.97 Å². The summed E-state index contributed by atoms with van der Waals surface area (Å²) in [6, 6.07) is 0. The molecule has 0 aromatic heterocycles. The van der Waals surface area contributed by atoms with E-state index in [1.165, 1.54) is 7.11 Å². The molecule has 0 aromatic rings. The highest BCUT2D eigenvalue weighted by atomic mass is 16.7. The number of carbonyl (C=O) groups is 1. The molecular formula is C8H12O4. The van der Waals surface area contributed by atoms with Gasteiger partial charge in [-0.3, -0.25) is 0 Å². The largest absolute Gasteiger partial charge is 0.463 e. The van der Waals surface area contributed by atoms with Crippen molar-refractivity contribution in [2.75, 3.05) is 7.11 Å². The average molecular weight is 172 g/mol. The average Bonchev–Trinajstić information content (AvgIpc) is 2.23. The molecule has 0 radical (unpaired) electrons. The van der Waals surface area contributed by atoms with Gasteiger partial charge in [-0.25, -0.2) is 4.79 Å². The van der Waals surface area contributed by atoms with E-state index in [4.69, 9.17) is 9.47 Å². The van der Waals surface area contributed by atoms with E-state index in [-0.39, 0.29) is 5.76 Å². The Balaban J connectivity index is 2.80. The minimum atomic E-state index is -0.756. The van der Waals surface area contributed by atoms with E-state index in [2.05, 4.69) is 4.74 Å². The van der Waals surface area contributed by atoms with Crippen LogP contribution in [0.25, 0.3) is 0 Å². The number of allylic oxidation sites excluding steroid dienone is 1. The Labute approximate surface area is 71.1 Å². The molecule has 1 heterocycles. The molecule has 0 N–H and O–H groups in total. The molecule has 0 saturated heterocycles. The number of esters is 1. The maximum Gasteiger partial charge on any atom is 0.377 e. The van der Waals surface area contributed by atoms with Crippen LogP contribution in [0.3, 0.4) is 0 Å². The summed E-state index contributed by atoms with van der Waals surface area (Å²) in [5.74, 6) is -0.638. The van der Waals surface area contributed by atoms with Crippen molar-refractivity contribution in [1.82, 2.24) is 0 Å². The first-order valence-corrected chi connectivity index (χ1v) is 3.63. The number of rotatable bonds is 1. The summed E-state index contributed by atoms with van der Waals surface area (Å²) in [6.07, 6.45) is 0. The Kier molecular flexibility index (Phi) is 2.00. The summed E-state index contributed by atoms with van der Waals surface area (Å²) in [6.45, 7) is 5.12. The second-order valence-electron chi connectivity index (χ2n) is 2.98. The van der Waals surface area contributed by atoms with E-state index in [0.717, 1.165) is 0 Å². The van der Waals surface area contributed by atoms with Gasteiger partial charge in [0, 0.05) is 13.8 Å². The molecule has 1 rings (SSSR count). The van der Waals surface area contributed by atoms with Gasteiger partial charge in [0.05, 0.1) is 7.11 Å². The van der Waals surface area contributed by atoms with Crippen molar-refractivity contribution in [3.05, 3.63) is 11.5 Å². The topological polar surface area (TPSA) is 44.8 Å². The quantitative estimate of drug-likeness (QED) is 0.557. The predicted molar refractivity (Wildman–Crippen MR) is 41.0 cm³/mol. The highest BCUT2D eigenvalue weighted by Crippen LogP contribution is 2.30. The molecular weight excluding hydrogens is 160 g/mol. The number of hydrogen-bond donors (Lipinski definition) is 0. The highest BCUT2D eigenvalue weighted by molar-refractivity contribution is 5.87. The molecule has 0 amide bonds. The van der Waals surface area contributed by atoms with Gasteiger partial charge < -0.3 is 14.2 Å². The lowest BCUT2D eigenvalue weighted by Crippen LogP contribution is -2.22. The fourth-order valence-electron chi connectivity index (χ4n) is 1.03. The third-order valence-corrected chi connectivity index (χ3v) is 1.44. The first kappa shape index (κ1) is 8.90. The Morgan fingerprint density at radius 1 is 1.42 bits per heavy atom. The van der Waals surface area contributed by atoms with Crippen LogP contribution < -0.4 is 0 Å². The van der Waals surface area contributed by atoms with Crippen LogP contribution in [0.15, 0.2) is 11.5 Å². The summed E-state index contributed by atoms with van der Waals surface area (Å²) in [5.41, 5.74) is 0. The molecule has 0 aliphatic carbocycles. The van der Waals surface area contributed by atoms with Crippen LogP contribution in [-0.4, -0.2) is 18.9 Å². The van der Waals surface area contributed by atoms with Crippen molar-refractivity contribution < 1.29 is 19.0 Å². The summed E-state index contributed by atoms with van der Waals surface area (Å²) >= 11 is 0. The Hall–Kier alpha value is -1.19. The maximum absolute atomic E-state index is 11.0. The minimum absolute atomic E-state index is 0.155. The van der Waals surface area contributed by atoms with E-state index >= 15 is 0 Å². The van der Waals surface area contributed by atoms with Crippen LogP contribution in [0.1, 0.15) is 20.8 Å². The monoisotopic (exact) mass is 172 g/mol. The van der Waals surface area contributed by atoms with Gasteiger partial charge in [-0.05, 0) is 6.92 Å². The SMILES string of the molecule is COC(=O)C1=C(C)OC(C)(C)O1. The standard InChI is InChI=1S/C8H12O4/c1-5-6(7(9)10-4)12-8(2,3)11-5/h1-4H3. The van der Waals surface area contributed by atoms with Gasteiger partial charge in [0.15, 0.2) is 0 Å². The molecule has 0 unspecified atom stereocenters. The van der Waals surface area contributed by atoms with Crippen LogP contribution in [0.4, 0.5) is 0 Å². The van der Waals surface area contributed by atoms with Crippen molar-refractivity contribution in [3.8, 4) is 0 Å². The summed E-state index contributed by atoms with van der Waals surface area (Å²) in [4.78, 5) is 11.0. The highest BCUT2D eigenvalue weighted by Gasteiger charge is 2.35. The Bertz CT molecular complexity index is 239.